The van der Waals surface area contributed by atoms with Crippen molar-refractivity contribution >= 4 is 18.2 Å². The SMILES string of the molecule is Cl.NC(Cc1ccccc1)C(=O)C(F)(F)F. The number of carbonyl (C=O) groups is 1. The largest absolute Gasteiger partial charge is 0.451 e. The van der Waals surface area contributed by atoms with Crippen molar-refractivity contribution in [3.05, 3.63) is 35.9 Å². The van der Waals surface area contributed by atoms with Gasteiger partial charge in [-0.25, -0.2) is 0 Å². The number of halogens is 4. The second-order valence-corrected chi connectivity index (χ2v) is 3.16. The molecule has 0 saturated heterocycles. The van der Waals surface area contributed by atoms with Crippen LogP contribution < -0.4 is 5.73 Å². The number of alkyl halides is 3. The van der Waals surface area contributed by atoms with Gasteiger partial charge >= 0.3 is 6.18 Å². The normalized spacial score (nSPS) is 12.8. The Morgan fingerprint density at radius 3 is 2.19 bits per heavy atom. The van der Waals surface area contributed by atoms with Crippen molar-refractivity contribution in [2.24, 2.45) is 5.73 Å². The third kappa shape index (κ3) is 4.20. The molecule has 0 radical (unpaired) electrons. The number of ketones is 1. The number of carbonyl (C=O) groups excluding carboxylic acids is 1. The zero-order chi connectivity index (χ0) is 11.5. The molecule has 1 aromatic rings. The summed E-state index contributed by atoms with van der Waals surface area (Å²) >= 11 is 0. The third-order valence-corrected chi connectivity index (χ3v) is 1.91. The molecule has 1 aromatic carbocycles. The van der Waals surface area contributed by atoms with Crippen molar-refractivity contribution in [3.8, 4) is 0 Å². The summed E-state index contributed by atoms with van der Waals surface area (Å²) in [6.45, 7) is 0. The van der Waals surface area contributed by atoms with Gasteiger partial charge in [-0.1, -0.05) is 30.3 Å². The van der Waals surface area contributed by atoms with Crippen LogP contribution >= 0.6 is 12.4 Å². The van der Waals surface area contributed by atoms with Gasteiger partial charge in [-0.15, -0.1) is 12.4 Å². The second kappa shape index (κ2) is 5.86. The molecule has 6 heteroatoms. The molecule has 16 heavy (non-hydrogen) atoms. The molecule has 2 N–H and O–H groups in total. The molecular weight excluding hydrogens is 243 g/mol. The van der Waals surface area contributed by atoms with Crippen LogP contribution in [0.25, 0.3) is 0 Å². The molecule has 0 saturated carbocycles. The fraction of sp³-hybridized carbons (Fsp3) is 0.300. The van der Waals surface area contributed by atoms with E-state index >= 15 is 0 Å². The first-order valence-corrected chi connectivity index (χ1v) is 4.32. The van der Waals surface area contributed by atoms with Gasteiger partial charge in [-0.3, -0.25) is 4.79 Å². The highest BCUT2D eigenvalue weighted by Gasteiger charge is 2.41. The van der Waals surface area contributed by atoms with E-state index in [1.54, 1.807) is 30.3 Å². The zero-order valence-electron chi connectivity index (χ0n) is 8.20. The van der Waals surface area contributed by atoms with E-state index < -0.39 is 18.0 Å². The average Bonchev–Trinajstić information content (AvgIpc) is 2.16. The van der Waals surface area contributed by atoms with E-state index in [1.807, 2.05) is 0 Å². The van der Waals surface area contributed by atoms with Crippen molar-refractivity contribution in [1.29, 1.82) is 0 Å². The summed E-state index contributed by atoms with van der Waals surface area (Å²) in [6, 6.07) is 6.83. The Bertz CT molecular complexity index is 340. The van der Waals surface area contributed by atoms with Crippen molar-refractivity contribution in [2.45, 2.75) is 18.6 Å². The smallest absolute Gasteiger partial charge is 0.321 e. The van der Waals surface area contributed by atoms with Gasteiger partial charge < -0.3 is 5.73 Å². The summed E-state index contributed by atoms with van der Waals surface area (Å²) in [7, 11) is 0. The van der Waals surface area contributed by atoms with Crippen LogP contribution in [0.4, 0.5) is 13.2 Å². The fourth-order valence-electron chi connectivity index (χ4n) is 1.17. The molecule has 2 nitrogen and oxygen atoms in total. The minimum Gasteiger partial charge on any atom is -0.321 e. The first-order valence-electron chi connectivity index (χ1n) is 4.32. The second-order valence-electron chi connectivity index (χ2n) is 3.16. The lowest BCUT2D eigenvalue weighted by atomic mass is 10.0. The third-order valence-electron chi connectivity index (χ3n) is 1.91. The average molecular weight is 254 g/mol. The summed E-state index contributed by atoms with van der Waals surface area (Å²) in [4.78, 5) is 10.7. The lowest BCUT2D eigenvalue weighted by molar-refractivity contribution is -0.172. The van der Waals surface area contributed by atoms with Gasteiger partial charge in [0.05, 0.1) is 6.04 Å². The molecule has 0 heterocycles. The highest BCUT2D eigenvalue weighted by molar-refractivity contribution is 5.89. The molecule has 0 amide bonds. The molecule has 0 fully saturated rings. The maximum absolute atomic E-state index is 12.0. The molecule has 0 aromatic heterocycles. The standard InChI is InChI=1S/C10H10F3NO.ClH/c11-10(12,13)9(15)8(14)6-7-4-2-1-3-5-7;/h1-5,8H,6,14H2;1H. The van der Waals surface area contributed by atoms with Crippen molar-refractivity contribution < 1.29 is 18.0 Å². The highest BCUT2D eigenvalue weighted by Crippen LogP contribution is 2.18. The van der Waals surface area contributed by atoms with Gasteiger partial charge in [0.2, 0.25) is 0 Å². The highest BCUT2D eigenvalue weighted by atomic mass is 35.5. The fourth-order valence-corrected chi connectivity index (χ4v) is 1.17. The molecule has 0 spiro atoms. The number of nitrogens with two attached hydrogens (primary N) is 1. The molecule has 1 unspecified atom stereocenters. The van der Waals surface area contributed by atoms with Gasteiger partial charge in [-0.2, -0.15) is 13.2 Å². The molecule has 1 rings (SSSR count). The summed E-state index contributed by atoms with van der Waals surface area (Å²) in [6.07, 6.45) is -4.95. The number of Topliss-reactive ketones (excluding diaryl/α,β-unsaturated/α-hetero) is 1. The van der Waals surface area contributed by atoms with Gasteiger partial charge in [0.1, 0.15) is 0 Å². The Labute approximate surface area is 97.0 Å². The van der Waals surface area contributed by atoms with E-state index in [2.05, 4.69) is 0 Å². The molecule has 0 aliphatic carbocycles. The van der Waals surface area contributed by atoms with Gasteiger partial charge in [0.15, 0.2) is 0 Å². The van der Waals surface area contributed by atoms with Crippen LogP contribution in [0.2, 0.25) is 0 Å². The van der Waals surface area contributed by atoms with Crippen LogP contribution in [0.15, 0.2) is 30.3 Å². The Morgan fingerprint density at radius 2 is 1.75 bits per heavy atom. The quantitative estimate of drug-likeness (QED) is 0.897. The topological polar surface area (TPSA) is 43.1 Å². The molecule has 0 aliphatic rings. The zero-order valence-corrected chi connectivity index (χ0v) is 9.02. The van der Waals surface area contributed by atoms with E-state index in [0.29, 0.717) is 5.56 Å². The van der Waals surface area contributed by atoms with Crippen LogP contribution in [0.3, 0.4) is 0 Å². The van der Waals surface area contributed by atoms with Crippen molar-refractivity contribution in [2.75, 3.05) is 0 Å². The summed E-state index contributed by atoms with van der Waals surface area (Å²) in [5.41, 5.74) is 5.78. The van der Waals surface area contributed by atoms with Crippen LogP contribution in [-0.2, 0) is 11.2 Å². The van der Waals surface area contributed by atoms with E-state index in [9.17, 15) is 18.0 Å². The predicted octanol–water partition coefficient (Wildman–Crippen LogP) is 2.11. The van der Waals surface area contributed by atoms with Crippen LogP contribution in [-0.4, -0.2) is 18.0 Å². The van der Waals surface area contributed by atoms with Crippen LogP contribution in [0.1, 0.15) is 5.56 Å². The Balaban J connectivity index is 0.00000225. The lowest BCUT2D eigenvalue weighted by Gasteiger charge is -2.12. The number of hydrogen-bond donors (Lipinski definition) is 1. The molecular formula is C10H11ClF3NO. The van der Waals surface area contributed by atoms with E-state index in [0.717, 1.165) is 0 Å². The molecule has 90 valence electrons. The number of benzene rings is 1. The van der Waals surface area contributed by atoms with Crippen LogP contribution in [0, 0.1) is 0 Å². The lowest BCUT2D eigenvalue weighted by Crippen LogP contribution is -2.41. The summed E-state index contributed by atoms with van der Waals surface area (Å²) < 4.78 is 35.9. The first kappa shape index (κ1) is 14.9. The number of hydrogen-bond acceptors (Lipinski definition) is 2. The van der Waals surface area contributed by atoms with E-state index in [4.69, 9.17) is 5.73 Å². The van der Waals surface area contributed by atoms with Gasteiger partial charge in [0.25, 0.3) is 5.78 Å². The number of rotatable bonds is 3. The minimum absolute atomic E-state index is 0. The molecule has 0 aliphatic heterocycles. The van der Waals surface area contributed by atoms with Crippen LogP contribution in [0.5, 0.6) is 0 Å². The predicted molar refractivity (Wildman–Crippen MR) is 56.4 cm³/mol. The monoisotopic (exact) mass is 253 g/mol. The van der Waals surface area contributed by atoms with Crippen molar-refractivity contribution in [1.82, 2.24) is 0 Å². The minimum atomic E-state index is -4.85. The Morgan fingerprint density at radius 1 is 1.25 bits per heavy atom. The van der Waals surface area contributed by atoms with E-state index in [1.165, 1.54) is 0 Å². The summed E-state index contributed by atoms with van der Waals surface area (Å²) in [5.74, 6) is -1.88. The first-order chi connectivity index (χ1) is 6.91. The Hall–Kier alpha value is -1.07. The maximum Gasteiger partial charge on any atom is 0.451 e. The van der Waals surface area contributed by atoms with Gasteiger partial charge in [0, 0.05) is 0 Å². The molecule has 0 bridgehead atoms. The Kier molecular flexibility index (Phi) is 5.47. The van der Waals surface area contributed by atoms with E-state index in [-0.39, 0.29) is 18.8 Å². The van der Waals surface area contributed by atoms with Gasteiger partial charge in [-0.05, 0) is 12.0 Å². The summed E-state index contributed by atoms with van der Waals surface area (Å²) in [5, 5.41) is 0. The molecule has 1 atom stereocenters. The maximum atomic E-state index is 12.0. The van der Waals surface area contributed by atoms with Crippen molar-refractivity contribution in [3.63, 3.8) is 0 Å².